The highest BCUT2D eigenvalue weighted by Crippen LogP contribution is 2.23. The molecule has 19 heavy (non-hydrogen) atoms. The van der Waals surface area contributed by atoms with Crippen LogP contribution in [-0.4, -0.2) is 60.3 Å². The van der Waals surface area contributed by atoms with Crippen LogP contribution in [-0.2, 0) is 15.0 Å². The van der Waals surface area contributed by atoms with Crippen molar-refractivity contribution >= 4 is 16.2 Å². The van der Waals surface area contributed by atoms with Gasteiger partial charge in [-0.15, -0.1) is 0 Å². The topological polar surface area (TPSA) is 104 Å². The van der Waals surface area contributed by atoms with Crippen LogP contribution in [0.3, 0.4) is 0 Å². The molecule has 2 rings (SSSR count). The maximum absolute atomic E-state index is 12.4. The molecule has 0 saturated carbocycles. The second kappa shape index (κ2) is 5.74. The standard InChI is InChI=1S/C11H21N3O4S/c12-10-3-6-13(7-4-10)19(17,18)14-5-1-2-9(8-14)11(15)16/h9-10H,1-8,12H2,(H,15,16). The minimum Gasteiger partial charge on any atom is -0.481 e. The van der Waals surface area contributed by atoms with Crippen molar-refractivity contribution in [2.24, 2.45) is 11.7 Å². The van der Waals surface area contributed by atoms with E-state index in [0.717, 1.165) is 0 Å². The fourth-order valence-corrected chi connectivity index (χ4v) is 4.35. The Morgan fingerprint density at radius 2 is 1.74 bits per heavy atom. The van der Waals surface area contributed by atoms with E-state index in [2.05, 4.69) is 0 Å². The molecule has 2 fully saturated rings. The Hall–Kier alpha value is -0.700. The van der Waals surface area contributed by atoms with E-state index in [1.165, 1.54) is 8.61 Å². The molecule has 2 saturated heterocycles. The number of carbonyl (C=O) groups is 1. The van der Waals surface area contributed by atoms with Crippen LogP contribution in [0.1, 0.15) is 25.7 Å². The van der Waals surface area contributed by atoms with E-state index in [1.807, 2.05) is 0 Å². The zero-order valence-corrected chi connectivity index (χ0v) is 11.7. The number of piperidine rings is 2. The van der Waals surface area contributed by atoms with Gasteiger partial charge in [-0.2, -0.15) is 17.0 Å². The van der Waals surface area contributed by atoms with Crippen LogP contribution < -0.4 is 5.73 Å². The first kappa shape index (κ1) is 14.7. The van der Waals surface area contributed by atoms with Gasteiger partial charge >= 0.3 is 5.97 Å². The van der Waals surface area contributed by atoms with Crippen molar-refractivity contribution < 1.29 is 18.3 Å². The van der Waals surface area contributed by atoms with E-state index in [-0.39, 0.29) is 12.6 Å². The van der Waals surface area contributed by atoms with E-state index < -0.39 is 22.1 Å². The predicted octanol–water partition coefficient (Wildman–Crippen LogP) is -0.549. The maximum Gasteiger partial charge on any atom is 0.307 e. The molecule has 2 aliphatic rings. The van der Waals surface area contributed by atoms with E-state index in [9.17, 15) is 13.2 Å². The first-order chi connectivity index (χ1) is 8.91. The number of nitrogens with two attached hydrogens (primary N) is 1. The molecule has 2 heterocycles. The van der Waals surface area contributed by atoms with Gasteiger partial charge in [-0.05, 0) is 25.7 Å². The largest absolute Gasteiger partial charge is 0.481 e. The van der Waals surface area contributed by atoms with Gasteiger partial charge in [0.2, 0.25) is 0 Å². The number of rotatable bonds is 3. The van der Waals surface area contributed by atoms with Crippen LogP contribution in [0.15, 0.2) is 0 Å². The lowest BCUT2D eigenvalue weighted by molar-refractivity contribution is -0.142. The van der Waals surface area contributed by atoms with Gasteiger partial charge in [-0.3, -0.25) is 4.79 Å². The fraction of sp³-hybridized carbons (Fsp3) is 0.909. The normalized spacial score (nSPS) is 28.4. The van der Waals surface area contributed by atoms with Crippen LogP contribution in [0.25, 0.3) is 0 Å². The molecular formula is C11H21N3O4S. The van der Waals surface area contributed by atoms with E-state index in [0.29, 0.717) is 45.3 Å². The summed E-state index contributed by atoms with van der Waals surface area (Å²) in [6.45, 7) is 1.35. The third-order valence-corrected chi connectivity index (χ3v) is 5.89. The minimum atomic E-state index is -3.53. The minimum absolute atomic E-state index is 0.0690. The molecule has 0 amide bonds. The summed E-state index contributed by atoms with van der Waals surface area (Å²) in [5.41, 5.74) is 5.77. The second-order valence-electron chi connectivity index (χ2n) is 5.28. The van der Waals surface area contributed by atoms with Gasteiger partial charge in [0.1, 0.15) is 0 Å². The first-order valence-electron chi connectivity index (χ1n) is 6.65. The first-order valence-corrected chi connectivity index (χ1v) is 8.04. The summed E-state index contributed by atoms with van der Waals surface area (Å²) in [5.74, 6) is -1.50. The molecular weight excluding hydrogens is 270 g/mol. The zero-order valence-electron chi connectivity index (χ0n) is 10.9. The molecule has 8 heteroatoms. The molecule has 110 valence electrons. The highest BCUT2D eigenvalue weighted by atomic mass is 32.2. The Labute approximate surface area is 113 Å². The smallest absolute Gasteiger partial charge is 0.307 e. The summed E-state index contributed by atoms with van der Waals surface area (Å²) in [5, 5.41) is 9.02. The summed E-state index contributed by atoms with van der Waals surface area (Å²) in [6.07, 6.45) is 2.47. The molecule has 1 atom stereocenters. The molecule has 7 nitrogen and oxygen atoms in total. The van der Waals surface area contributed by atoms with Gasteiger partial charge < -0.3 is 10.8 Å². The van der Waals surface area contributed by atoms with Crippen molar-refractivity contribution in [2.75, 3.05) is 26.2 Å². The molecule has 3 N–H and O–H groups in total. The van der Waals surface area contributed by atoms with Crippen LogP contribution in [0.4, 0.5) is 0 Å². The summed E-state index contributed by atoms with van der Waals surface area (Å²) in [6, 6.07) is 0.0690. The maximum atomic E-state index is 12.4. The van der Waals surface area contributed by atoms with Gasteiger partial charge in [-0.1, -0.05) is 0 Å². The lowest BCUT2D eigenvalue weighted by atomic mass is 10.0. The van der Waals surface area contributed by atoms with E-state index in [4.69, 9.17) is 10.8 Å². The second-order valence-corrected chi connectivity index (χ2v) is 7.21. The fourth-order valence-electron chi connectivity index (χ4n) is 2.62. The molecule has 0 aliphatic carbocycles. The van der Waals surface area contributed by atoms with Crippen molar-refractivity contribution in [2.45, 2.75) is 31.7 Å². The number of hydrogen-bond donors (Lipinski definition) is 2. The average molecular weight is 291 g/mol. The molecule has 0 aromatic carbocycles. The van der Waals surface area contributed by atoms with Gasteiger partial charge in [-0.25, -0.2) is 0 Å². The number of carboxylic acids is 1. The summed E-state index contributed by atoms with van der Waals surface area (Å²) >= 11 is 0. The Bertz CT molecular complexity index is 431. The van der Waals surface area contributed by atoms with Crippen LogP contribution >= 0.6 is 0 Å². The van der Waals surface area contributed by atoms with Crippen LogP contribution in [0.2, 0.25) is 0 Å². The van der Waals surface area contributed by atoms with E-state index >= 15 is 0 Å². The quantitative estimate of drug-likeness (QED) is 0.726. The monoisotopic (exact) mass is 291 g/mol. The Balaban J connectivity index is 2.04. The third-order valence-electron chi connectivity index (χ3n) is 3.88. The van der Waals surface area contributed by atoms with Crippen molar-refractivity contribution in [1.82, 2.24) is 8.61 Å². The third kappa shape index (κ3) is 3.25. The zero-order chi connectivity index (χ0) is 14.0. The summed E-state index contributed by atoms with van der Waals surface area (Å²) in [4.78, 5) is 11.0. The molecule has 0 radical (unpaired) electrons. The van der Waals surface area contributed by atoms with Crippen molar-refractivity contribution in [3.05, 3.63) is 0 Å². The number of carboxylic acid groups (broad SMARTS) is 1. The van der Waals surface area contributed by atoms with Gasteiger partial charge in [0.25, 0.3) is 10.2 Å². The van der Waals surface area contributed by atoms with Gasteiger partial charge in [0, 0.05) is 32.2 Å². The number of aliphatic carboxylic acids is 1. The molecule has 2 aliphatic heterocycles. The highest BCUT2D eigenvalue weighted by Gasteiger charge is 2.36. The average Bonchev–Trinajstić information content (AvgIpc) is 2.39. The van der Waals surface area contributed by atoms with Crippen molar-refractivity contribution in [3.63, 3.8) is 0 Å². The highest BCUT2D eigenvalue weighted by molar-refractivity contribution is 7.86. The Morgan fingerprint density at radius 3 is 2.32 bits per heavy atom. The van der Waals surface area contributed by atoms with E-state index in [1.54, 1.807) is 0 Å². The molecule has 0 aromatic heterocycles. The molecule has 1 unspecified atom stereocenters. The Kier molecular flexibility index (Phi) is 4.44. The van der Waals surface area contributed by atoms with Gasteiger partial charge in [0.05, 0.1) is 5.92 Å². The van der Waals surface area contributed by atoms with Crippen molar-refractivity contribution in [3.8, 4) is 0 Å². The lowest BCUT2D eigenvalue weighted by Gasteiger charge is -2.36. The summed E-state index contributed by atoms with van der Waals surface area (Å²) in [7, 11) is -3.53. The number of nitrogens with zero attached hydrogens (tertiary/aromatic N) is 2. The van der Waals surface area contributed by atoms with Crippen molar-refractivity contribution in [1.29, 1.82) is 0 Å². The van der Waals surface area contributed by atoms with Crippen LogP contribution in [0.5, 0.6) is 0 Å². The molecule has 0 aromatic rings. The Morgan fingerprint density at radius 1 is 1.11 bits per heavy atom. The molecule has 0 spiro atoms. The lowest BCUT2D eigenvalue weighted by Crippen LogP contribution is -2.52. The number of hydrogen-bond acceptors (Lipinski definition) is 4. The SMILES string of the molecule is NC1CCN(S(=O)(=O)N2CCCC(C(=O)O)C2)CC1. The van der Waals surface area contributed by atoms with Crippen LogP contribution in [0, 0.1) is 5.92 Å². The van der Waals surface area contributed by atoms with Gasteiger partial charge in [0.15, 0.2) is 0 Å². The predicted molar refractivity (Wildman–Crippen MR) is 69.6 cm³/mol. The summed E-state index contributed by atoms with van der Waals surface area (Å²) < 4.78 is 27.6. The molecule has 0 bridgehead atoms.